The Morgan fingerprint density at radius 1 is 1.19 bits per heavy atom. The number of aliphatic hydroxyl groups excluding tert-OH is 1. The van der Waals surface area contributed by atoms with Crippen LogP contribution in [-0.2, 0) is 4.74 Å². The third-order valence-corrected chi connectivity index (χ3v) is 2.79. The molecule has 1 aromatic carbocycles. The van der Waals surface area contributed by atoms with Gasteiger partial charge in [-0.05, 0) is 12.5 Å². The molecule has 2 atom stereocenters. The van der Waals surface area contributed by atoms with E-state index in [1.807, 2.05) is 0 Å². The fourth-order valence-corrected chi connectivity index (χ4v) is 1.92. The van der Waals surface area contributed by atoms with E-state index in [4.69, 9.17) is 9.84 Å². The lowest BCUT2D eigenvalue weighted by Crippen LogP contribution is -2.13. The first-order chi connectivity index (χ1) is 7.63. The number of halogens is 3. The number of ether oxygens (including phenoxy) is 1. The largest absolute Gasteiger partial charge is 0.396 e. The molecule has 1 aliphatic heterocycles. The zero-order valence-corrected chi connectivity index (χ0v) is 8.42. The maximum atomic E-state index is 13.4. The Morgan fingerprint density at radius 3 is 2.56 bits per heavy atom. The standard InChI is InChI=1S/C11H11F3O2/c12-8-4-10(14)9(13)3-7(8)11-6(5-15)1-2-16-11/h3-4,6,11,15H,1-2,5H2. The summed E-state index contributed by atoms with van der Waals surface area (Å²) in [7, 11) is 0. The fraction of sp³-hybridized carbons (Fsp3) is 0.455. The van der Waals surface area contributed by atoms with E-state index in [0.29, 0.717) is 19.1 Å². The van der Waals surface area contributed by atoms with Gasteiger partial charge < -0.3 is 9.84 Å². The van der Waals surface area contributed by atoms with Crippen molar-refractivity contribution >= 4 is 0 Å². The maximum Gasteiger partial charge on any atom is 0.161 e. The molecule has 1 aromatic rings. The minimum Gasteiger partial charge on any atom is -0.396 e. The van der Waals surface area contributed by atoms with Gasteiger partial charge in [-0.25, -0.2) is 13.2 Å². The lowest BCUT2D eigenvalue weighted by Gasteiger charge is -2.17. The summed E-state index contributed by atoms with van der Waals surface area (Å²) in [5.41, 5.74) is -0.0320. The molecule has 1 aliphatic rings. The first kappa shape index (κ1) is 11.4. The molecule has 0 saturated carbocycles. The summed E-state index contributed by atoms with van der Waals surface area (Å²) in [5.74, 6) is -3.44. The molecule has 1 saturated heterocycles. The molecule has 0 radical (unpaired) electrons. The van der Waals surface area contributed by atoms with Gasteiger partial charge in [0.2, 0.25) is 0 Å². The van der Waals surface area contributed by atoms with Crippen LogP contribution in [0, 0.1) is 23.4 Å². The Balaban J connectivity index is 2.36. The summed E-state index contributed by atoms with van der Waals surface area (Å²) in [6.07, 6.45) is -0.111. The van der Waals surface area contributed by atoms with Gasteiger partial charge in [0, 0.05) is 30.8 Å². The van der Waals surface area contributed by atoms with Crippen LogP contribution in [-0.4, -0.2) is 18.3 Å². The van der Waals surface area contributed by atoms with E-state index in [1.54, 1.807) is 0 Å². The molecule has 0 aliphatic carbocycles. The van der Waals surface area contributed by atoms with Crippen molar-refractivity contribution in [3.05, 3.63) is 35.1 Å². The molecule has 0 spiro atoms. The van der Waals surface area contributed by atoms with Gasteiger partial charge in [0.15, 0.2) is 11.6 Å². The summed E-state index contributed by atoms with van der Waals surface area (Å²) < 4.78 is 44.4. The van der Waals surface area contributed by atoms with Crippen LogP contribution in [0.25, 0.3) is 0 Å². The van der Waals surface area contributed by atoms with Crippen molar-refractivity contribution < 1.29 is 23.0 Å². The second-order valence-electron chi connectivity index (χ2n) is 3.81. The van der Waals surface area contributed by atoms with Crippen LogP contribution in [0.4, 0.5) is 13.2 Å². The van der Waals surface area contributed by atoms with Crippen molar-refractivity contribution in [2.45, 2.75) is 12.5 Å². The van der Waals surface area contributed by atoms with E-state index in [2.05, 4.69) is 0 Å². The lowest BCUT2D eigenvalue weighted by molar-refractivity contribution is 0.0689. The van der Waals surface area contributed by atoms with Gasteiger partial charge in [0.1, 0.15) is 5.82 Å². The summed E-state index contributed by atoms with van der Waals surface area (Å²) in [6, 6.07) is 1.30. The third kappa shape index (κ3) is 1.92. The monoisotopic (exact) mass is 232 g/mol. The quantitative estimate of drug-likeness (QED) is 0.792. The molecule has 2 unspecified atom stereocenters. The smallest absolute Gasteiger partial charge is 0.161 e. The molecular weight excluding hydrogens is 221 g/mol. The number of rotatable bonds is 2. The Hall–Kier alpha value is -1.07. The third-order valence-electron chi connectivity index (χ3n) is 2.79. The SMILES string of the molecule is OCC1CCOC1c1cc(F)c(F)cc1F. The average molecular weight is 232 g/mol. The molecule has 5 heteroatoms. The van der Waals surface area contributed by atoms with E-state index in [-0.39, 0.29) is 18.1 Å². The second-order valence-corrected chi connectivity index (χ2v) is 3.81. The highest BCUT2D eigenvalue weighted by atomic mass is 19.2. The normalized spacial score (nSPS) is 25.0. The van der Waals surface area contributed by atoms with Gasteiger partial charge in [-0.2, -0.15) is 0 Å². The molecular formula is C11H11F3O2. The number of benzene rings is 1. The van der Waals surface area contributed by atoms with Crippen molar-refractivity contribution in [2.75, 3.05) is 13.2 Å². The van der Waals surface area contributed by atoms with Crippen molar-refractivity contribution in [3.8, 4) is 0 Å². The predicted octanol–water partition coefficient (Wildman–Crippen LogP) is 2.17. The zero-order valence-electron chi connectivity index (χ0n) is 8.42. The maximum absolute atomic E-state index is 13.4. The minimum atomic E-state index is -1.22. The lowest BCUT2D eigenvalue weighted by atomic mass is 9.95. The molecule has 2 rings (SSSR count). The van der Waals surface area contributed by atoms with Crippen LogP contribution in [0.1, 0.15) is 18.1 Å². The van der Waals surface area contributed by atoms with E-state index in [0.717, 1.165) is 6.07 Å². The van der Waals surface area contributed by atoms with Crippen molar-refractivity contribution in [1.29, 1.82) is 0 Å². The summed E-state index contributed by atoms with van der Waals surface area (Å²) in [4.78, 5) is 0. The van der Waals surface area contributed by atoms with Gasteiger partial charge in [0.25, 0.3) is 0 Å². The van der Waals surface area contributed by atoms with E-state index < -0.39 is 23.6 Å². The highest BCUT2D eigenvalue weighted by molar-refractivity contribution is 5.23. The molecule has 1 N–H and O–H groups in total. The van der Waals surface area contributed by atoms with E-state index in [1.165, 1.54) is 0 Å². The molecule has 2 nitrogen and oxygen atoms in total. The Morgan fingerprint density at radius 2 is 1.88 bits per heavy atom. The summed E-state index contributed by atoms with van der Waals surface area (Å²) in [6.45, 7) is 0.220. The van der Waals surface area contributed by atoms with Crippen molar-refractivity contribution in [2.24, 2.45) is 5.92 Å². The minimum absolute atomic E-state index is 0.0320. The predicted molar refractivity (Wildman–Crippen MR) is 50.2 cm³/mol. The van der Waals surface area contributed by atoms with Crippen molar-refractivity contribution in [1.82, 2.24) is 0 Å². The fourth-order valence-electron chi connectivity index (χ4n) is 1.92. The number of aliphatic hydroxyl groups is 1. The van der Waals surface area contributed by atoms with Crippen LogP contribution in [0.3, 0.4) is 0 Å². The Bertz CT molecular complexity index is 395. The van der Waals surface area contributed by atoms with Gasteiger partial charge >= 0.3 is 0 Å². The molecule has 16 heavy (non-hydrogen) atoms. The van der Waals surface area contributed by atoms with Crippen LogP contribution in [0.5, 0.6) is 0 Å². The Kier molecular flexibility index (Phi) is 3.16. The highest BCUT2D eigenvalue weighted by Crippen LogP contribution is 2.36. The highest BCUT2D eigenvalue weighted by Gasteiger charge is 2.31. The van der Waals surface area contributed by atoms with Crippen LogP contribution in [0.15, 0.2) is 12.1 Å². The van der Waals surface area contributed by atoms with E-state index in [9.17, 15) is 13.2 Å². The molecule has 0 aromatic heterocycles. The van der Waals surface area contributed by atoms with Gasteiger partial charge in [-0.3, -0.25) is 0 Å². The molecule has 88 valence electrons. The number of hydrogen-bond acceptors (Lipinski definition) is 2. The van der Waals surface area contributed by atoms with Crippen molar-refractivity contribution in [3.63, 3.8) is 0 Å². The zero-order chi connectivity index (χ0) is 11.7. The van der Waals surface area contributed by atoms with Crippen LogP contribution in [0.2, 0.25) is 0 Å². The molecule has 1 fully saturated rings. The average Bonchev–Trinajstić information content (AvgIpc) is 2.71. The molecule has 1 heterocycles. The topological polar surface area (TPSA) is 29.5 Å². The van der Waals surface area contributed by atoms with Gasteiger partial charge in [-0.15, -0.1) is 0 Å². The summed E-state index contributed by atoms with van der Waals surface area (Å²) >= 11 is 0. The first-order valence-electron chi connectivity index (χ1n) is 5.00. The van der Waals surface area contributed by atoms with Gasteiger partial charge in [0.05, 0.1) is 6.10 Å². The number of hydrogen-bond donors (Lipinski definition) is 1. The first-order valence-corrected chi connectivity index (χ1v) is 5.00. The molecule has 0 bridgehead atoms. The van der Waals surface area contributed by atoms with Crippen LogP contribution >= 0.6 is 0 Å². The van der Waals surface area contributed by atoms with E-state index >= 15 is 0 Å². The van der Waals surface area contributed by atoms with Gasteiger partial charge in [-0.1, -0.05) is 0 Å². The summed E-state index contributed by atoms with van der Waals surface area (Å²) in [5, 5.41) is 9.04. The second kappa shape index (κ2) is 4.43. The Labute approximate surface area is 90.7 Å². The molecule has 0 amide bonds. The van der Waals surface area contributed by atoms with Crippen LogP contribution < -0.4 is 0 Å².